The molecule has 0 aromatic heterocycles. The predicted octanol–water partition coefficient (Wildman–Crippen LogP) is 3.49. The average molecular weight is 387 g/mol. The van der Waals surface area contributed by atoms with Crippen molar-refractivity contribution in [1.82, 2.24) is 10.6 Å². The van der Waals surface area contributed by atoms with Crippen molar-refractivity contribution in [3.05, 3.63) is 65.5 Å². The topological polar surface area (TPSA) is 54.9 Å². The molecule has 5 nitrogen and oxygen atoms in total. The number of nitrogens with zero attached hydrogens (tertiary/aromatic N) is 1. The fourth-order valence-electron chi connectivity index (χ4n) is 2.67. The van der Waals surface area contributed by atoms with Gasteiger partial charge in [0.25, 0.3) is 0 Å². The maximum absolute atomic E-state index is 13.5. The Hall–Kier alpha value is -2.60. The molecular weight excluding hydrogens is 357 g/mol. The fourth-order valence-corrected chi connectivity index (χ4v) is 2.67. The van der Waals surface area contributed by atoms with Crippen LogP contribution >= 0.6 is 0 Å². The van der Waals surface area contributed by atoms with Crippen molar-refractivity contribution in [2.45, 2.75) is 25.8 Å². The van der Waals surface area contributed by atoms with Crippen molar-refractivity contribution in [2.75, 3.05) is 33.9 Å². The van der Waals surface area contributed by atoms with Crippen LogP contribution in [0.2, 0.25) is 0 Å². The van der Waals surface area contributed by atoms with E-state index in [9.17, 15) is 4.39 Å². The van der Waals surface area contributed by atoms with Crippen molar-refractivity contribution in [1.29, 1.82) is 0 Å². The Kier molecular flexibility index (Phi) is 8.26. The highest BCUT2D eigenvalue weighted by Gasteiger charge is 2.21. The normalized spacial score (nSPS) is 12.0. The van der Waals surface area contributed by atoms with E-state index in [1.165, 1.54) is 6.07 Å². The van der Waals surface area contributed by atoms with Crippen LogP contribution in [0, 0.1) is 5.82 Å². The van der Waals surface area contributed by atoms with E-state index in [1.54, 1.807) is 26.3 Å². The molecule has 2 N–H and O–H groups in total. The maximum atomic E-state index is 13.5. The molecule has 28 heavy (non-hydrogen) atoms. The first-order valence-electron chi connectivity index (χ1n) is 9.36. The summed E-state index contributed by atoms with van der Waals surface area (Å²) in [7, 11) is 3.38. The summed E-state index contributed by atoms with van der Waals surface area (Å²) in [6.45, 7) is 6.51. The van der Waals surface area contributed by atoms with Gasteiger partial charge in [0.1, 0.15) is 18.2 Å². The van der Waals surface area contributed by atoms with Gasteiger partial charge in [-0.3, -0.25) is 4.99 Å². The fraction of sp³-hybridized carbons (Fsp3) is 0.409. The first-order chi connectivity index (χ1) is 13.4. The number of methoxy groups -OCH3 is 1. The first-order valence-corrected chi connectivity index (χ1v) is 9.36. The van der Waals surface area contributed by atoms with Crippen LogP contribution in [0.15, 0.2) is 53.5 Å². The lowest BCUT2D eigenvalue weighted by atomic mass is 9.84. The smallest absolute Gasteiger partial charge is 0.191 e. The molecule has 152 valence electrons. The van der Waals surface area contributed by atoms with Gasteiger partial charge in [-0.2, -0.15) is 0 Å². The molecule has 0 saturated heterocycles. The summed E-state index contributed by atoms with van der Waals surface area (Å²) >= 11 is 0. The first kappa shape index (κ1) is 21.7. The van der Waals surface area contributed by atoms with Gasteiger partial charge < -0.3 is 20.1 Å². The Morgan fingerprint density at radius 2 is 1.82 bits per heavy atom. The lowest BCUT2D eigenvalue weighted by Gasteiger charge is -2.27. The molecule has 2 aromatic carbocycles. The van der Waals surface area contributed by atoms with Gasteiger partial charge in [-0.05, 0) is 35.4 Å². The van der Waals surface area contributed by atoms with Gasteiger partial charge in [-0.1, -0.05) is 38.1 Å². The molecule has 0 fully saturated rings. The summed E-state index contributed by atoms with van der Waals surface area (Å²) in [6.07, 6.45) is 0. The van der Waals surface area contributed by atoms with Crippen LogP contribution in [-0.2, 0) is 16.7 Å². The number of halogens is 1. The number of aliphatic imine (C=N–C) groups is 1. The Morgan fingerprint density at radius 1 is 1.07 bits per heavy atom. The lowest BCUT2D eigenvalue weighted by Crippen LogP contribution is -2.43. The Bertz CT molecular complexity index is 761. The highest BCUT2D eigenvalue weighted by atomic mass is 19.1. The monoisotopic (exact) mass is 387 g/mol. The van der Waals surface area contributed by atoms with Crippen LogP contribution < -0.4 is 15.4 Å². The summed E-state index contributed by atoms with van der Waals surface area (Å²) in [5.41, 5.74) is 1.83. The van der Waals surface area contributed by atoms with E-state index >= 15 is 0 Å². The number of hydrogen-bond donors (Lipinski definition) is 2. The molecule has 0 spiro atoms. The van der Waals surface area contributed by atoms with E-state index in [0.29, 0.717) is 32.3 Å². The number of ether oxygens (including phenoxy) is 2. The summed E-state index contributed by atoms with van der Waals surface area (Å²) in [4.78, 5) is 4.27. The molecule has 0 aliphatic heterocycles. The minimum atomic E-state index is -0.235. The molecule has 6 heteroatoms. The lowest BCUT2D eigenvalue weighted by molar-refractivity contribution is 0.146. The minimum Gasteiger partial charge on any atom is -0.491 e. The third-order valence-corrected chi connectivity index (χ3v) is 4.47. The van der Waals surface area contributed by atoms with Crippen LogP contribution in [0.1, 0.15) is 25.0 Å². The van der Waals surface area contributed by atoms with Crippen molar-refractivity contribution in [3.8, 4) is 5.75 Å². The van der Waals surface area contributed by atoms with E-state index < -0.39 is 0 Å². The van der Waals surface area contributed by atoms with Crippen LogP contribution in [0.4, 0.5) is 4.39 Å². The molecule has 0 heterocycles. The largest absolute Gasteiger partial charge is 0.491 e. The molecule has 0 saturated carbocycles. The third-order valence-electron chi connectivity index (χ3n) is 4.47. The van der Waals surface area contributed by atoms with Crippen LogP contribution in [0.3, 0.4) is 0 Å². The predicted molar refractivity (Wildman–Crippen MR) is 111 cm³/mol. The van der Waals surface area contributed by atoms with E-state index in [1.807, 2.05) is 30.3 Å². The standard InChI is InChI=1S/C22H30FN3O2/c1-22(2,18-6-5-7-19(23)14-18)16-26-21(24-3)25-15-17-8-10-20(11-9-17)28-13-12-27-4/h5-11,14H,12-13,15-16H2,1-4H3,(H2,24,25,26). The van der Waals surface area contributed by atoms with Gasteiger partial charge in [0, 0.05) is 32.7 Å². The minimum absolute atomic E-state index is 0.220. The Morgan fingerprint density at radius 3 is 2.46 bits per heavy atom. The summed E-state index contributed by atoms with van der Waals surface area (Å²) in [6, 6.07) is 14.6. The van der Waals surface area contributed by atoms with Gasteiger partial charge in [0.05, 0.1) is 6.61 Å². The van der Waals surface area contributed by atoms with E-state index in [4.69, 9.17) is 9.47 Å². The van der Waals surface area contributed by atoms with Crippen molar-refractivity contribution >= 4 is 5.96 Å². The Labute approximate surface area is 167 Å². The SMILES string of the molecule is CN=C(NCc1ccc(OCCOC)cc1)NCC(C)(C)c1cccc(F)c1. The number of rotatable bonds is 9. The van der Waals surface area contributed by atoms with Crippen LogP contribution in [-0.4, -0.2) is 39.9 Å². The molecule has 0 atom stereocenters. The zero-order chi connectivity index (χ0) is 20.4. The third kappa shape index (κ3) is 6.85. The van der Waals surface area contributed by atoms with Crippen molar-refractivity contribution in [2.24, 2.45) is 4.99 Å². The quantitative estimate of drug-likeness (QED) is 0.393. The number of nitrogens with one attached hydrogen (secondary N) is 2. The second-order valence-electron chi connectivity index (χ2n) is 7.16. The second-order valence-corrected chi connectivity index (χ2v) is 7.16. The van der Waals surface area contributed by atoms with E-state index in [2.05, 4.69) is 29.5 Å². The van der Waals surface area contributed by atoms with Gasteiger partial charge in [-0.15, -0.1) is 0 Å². The van der Waals surface area contributed by atoms with E-state index in [-0.39, 0.29) is 11.2 Å². The summed E-state index contributed by atoms with van der Waals surface area (Å²) in [5.74, 6) is 1.30. The van der Waals surface area contributed by atoms with Crippen LogP contribution in [0.25, 0.3) is 0 Å². The molecule has 0 aliphatic rings. The molecule has 0 bridgehead atoms. The van der Waals surface area contributed by atoms with Gasteiger partial charge in [0.15, 0.2) is 5.96 Å². The number of guanidine groups is 1. The average Bonchev–Trinajstić information content (AvgIpc) is 2.69. The molecule has 2 aromatic rings. The summed E-state index contributed by atoms with van der Waals surface area (Å²) < 4.78 is 24.1. The molecule has 2 rings (SSSR count). The van der Waals surface area contributed by atoms with Crippen molar-refractivity contribution < 1.29 is 13.9 Å². The maximum Gasteiger partial charge on any atom is 0.191 e. The number of hydrogen-bond acceptors (Lipinski definition) is 3. The van der Waals surface area contributed by atoms with Gasteiger partial charge in [-0.25, -0.2) is 4.39 Å². The molecule has 0 radical (unpaired) electrons. The Balaban J connectivity index is 1.84. The van der Waals surface area contributed by atoms with Crippen molar-refractivity contribution in [3.63, 3.8) is 0 Å². The zero-order valence-electron chi connectivity index (χ0n) is 17.1. The zero-order valence-corrected chi connectivity index (χ0v) is 17.1. The van der Waals surface area contributed by atoms with Gasteiger partial charge in [0.2, 0.25) is 0 Å². The van der Waals surface area contributed by atoms with Gasteiger partial charge >= 0.3 is 0 Å². The number of benzene rings is 2. The molecule has 0 aliphatic carbocycles. The summed E-state index contributed by atoms with van der Waals surface area (Å²) in [5, 5.41) is 6.62. The highest BCUT2D eigenvalue weighted by molar-refractivity contribution is 5.79. The van der Waals surface area contributed by atoms with E-state index in [0.717, 1.165) is 16.9 Å². The van der Waals surface area contributed by atoms with Crippen LogP contribution in [0.5, 0.6) is 5.75 Å². The molecule has 0 amide bonds. The highest BCUT2D eigenvalue weighted by Crippen LogP contribution is 2.22. The molecular formula is C22H30FN3O2. The molecule has 0 unspecified atom stereocenters. The second kappa shape index (κ2) is 10.7.